The molecule has 5 unspecified atom stereocenters. The molecule has 0 aromatic carbocycles. The Kier molecular flexibility index (Phi) is 2.30. The quantitative estimate of drug-likeness (QED) is 0.588. The largest absolute Gasteiger partial charge is 0.462 e. The molecule has 3 nitrogen and oxygen atoms in total. The Morgan fingerprint density at radius 1 is 1.19 bits per heavy atom. The van der Waals surface area contributed by atoms with Crippen molar-refractivity contribution in [3.05, 3.63) is 0 Å². The molecule has 0 radical (unpaired) electrons. The Bertz CT molecular complexity index is 336. The summed E-state index contributed by atoms with van der Waals surface area (Å²) in [5.74, 6) is 1.99. The number of cyclic esters (lactones) is 1. The van der Waals surface area contributed by atoms with Gasteiger partial charge in [0.1, 0.15) is 11.9 Å². The van der Waals surface area contributed by atoms with Crippen LogP contribution in [0.5, 0.6) is 0 Å². The van der Waals surface area contributed by atoms with Crippen molar-refractivity contribution in [3.63, 3.8) is 0 Å². The highest BCUT2D eigenvalue weighted by molar-refractivity contribution is 5.80. The highest BCUT2D eigenvalue weighted by Crippen LogP contribution is 2.48. The molecule has 16 heavy (non-hydrogen) atoms. The summed E-state index contributed by atoms with van der Waals surface area (Å²) in [4.78, 5) is 23.1. The number of Topliss-reactive ketones (excluding diaryl/α,β-unsaturated/α-hetero) is 1. The maximum absolute atomic E-state index is 11.7. The molecule has 0 aromatic heterocycles. The molecule has 1 heterocycles. The van der Waals surface area contributed by atoms with Crippen molar-refractivity contribution in [3.8, 4) is 0 Å². The summed E-state index contributed by atoms with van der Waals surface area (Å²) in [6.07, 6.45) is 4.57. The fourth-order valence-electron chi connectivity index (χ4n) is 3.89. The van der Waals surface area contributed by atoms with Crippen LogP contribution in [0.4, 0.5) is 0 Å². The van der Waals surface area contributed by atoms with Gasteiger partial charge in [0.25, 0.3) is 0 Å². The van der Waals surface area contributed by atoms with Gasteiger partial charge < -0.3 is 4.74 Å². The number of esters is 1. The number of hydrogen-bond acceptors (Lipinski definition) is 3. The monoisotopic (exact) mass is 222 g/mol. The molecular formula is C13H18O3. The maximum atomic E-state index is 11.7. The average Bonchev–Trinajstić information content (AvgIpc) is 2.52. The summed E-state index contributed by atoms with van der Waals surface area (Å²) in [6, 6.07) is 0. The highest BCUT2D eigenvalue weighted by atomic mass is 16.6. The first kappa shape index (κ1) is 10.3. The maximum Gasteiger partial charge on any atom is 0.309 e. The van der Waals surface area contributed by atoms with Gasteiger partial charge in [-0.25, -0.2) is 0 Å². The molecule has 3 aliphatic rings. The smallest absolute Gasteiger partial charge is 0.309 e. The molecule has 88 valence electrons. The van der Waals surface area contributed by atoms with Crippen molar-refractivity contribution >= 4 is 11.8 Å². The lowest BCUT2D eigenvalue weighted by Gasteiger charge is -2.39. The molecule has 3 rings (SSSR count). The van der Waals surface area contributed by atoms with Gasteiger partial charge in [-0.3, -0.25) is 9.59 Å². The molecule has 1 saturated heterocycles. The lowest BCUT2D eigenvalue weighted by atomic mass is 9.63. The summed E-state index contributed by atoms with van der Waals surface area (Å²) >= 11 is 0. The zero-order valence-corrected chi connectivity index (χ0v) is 9.65. The van der Waals surface area contributed by atoms with Gasteiger partial charge in [0.05, 0.1) is 5.92 Å². The second-order valence-electron chi connectivity index (χ2n) is 5.69. The predicted molar refractivity (Wildman–Crippen MR) is 57.6 cm³/mol. The van der Waals surface area contributed by atoms with E-state index in [4.69, 9.17) is 4.74 Å². The third-order valence-corrected chi connectivity index (χ3v) is 4.81. The van der Waals surface area contributed by atoms with Crippen LogP contribution < -0.4 is 0 Å². The molecule has 3 heteroatoms. The summed E-state index contributed by atoms with van der Waals surface area (Å²) in [5.41, 5.74) is 0. The molecular weight excluding hydrogens is 204 g/mol. The Labute approximate surface area is 95.5 Å². The Morgan fingerprint density at radius 2 is 2.00 bits per heavy atom. The van der Waals surface area contributed by atoms with E-state index in [-0.39, 0.29) is 18.0 Å². The topological polar surface area (TPSA) is 43.4 Å². The fourth-order valence-corrected chi connectivity index (χ4v) is 3.89. The predicted octanol–water partition coefficient (Wildman–Crippen LogP) is 1.94. The van der Waals surface area contributed by atoms with E-state index in [0.29, 0.717) is 30.0 Å². The summed E-state index contributed by atoms with van der Waals surface area (Å²) in [7, 11) is 0. The first-order valence-electron chi connectivity index (χ1n) is 6.37. The number of ether oxygens (including phenoxy) is 1. The van der Waals surface area contributed by atoms with E-state index in [1.54, 1.807) is 0 Å². The van der Waals surface area contributed by atoms with Crippen molar-refractivity contribution < 1.29 is 14.3 Å². The number of carbonyl (C=O) groups excluding carboxylic acids is 2. The molecule has 0 amide bonds. The number of ketones is 1. The normalized spacial score (nSPS) is 47.2. The summed E-state index contributed by atoms with van der Waals surface area (Å²) < 4.78 is 5.32. The highest BCUT2D eigenvalue weighted by Gasteiger charge is 2.49. The minimum Gasteiger partial charge on any atom is -0.462 e. The first-order valence-corrected chi connectivity index (χ1v) is 6.37. The molecule has 0 N–H and O–H groups in total. The fraction of sp³-hybridized carbons (Fsp3) is 0.846. The standard InChI is InChI=1S/C13H18O3/c1-7-11-5-8-2-3-10(14)4-9(8)6-12(11)13(15)16-7/h7-9,11-12H,2-6H2,1H3. The van der Waals surface area contributed by atoms with E-state index in [9.17, 15) is 9.59 Å². The van der Waals surface area contributed by atoms with Crippen molar-refractivity contribution in [2.75, 3.05) is 0 Å². The zero-order chi connectivity index (χ0) is 11.3. The van der Waals surface area contributed by atoms with E-state index < -0.39 is 0 Å². The molecule has 2 aliphatic carbocycles. The summed E-state index contributed by atoms with van der Waals surface area (Å²) in [6.45, 7) is 2.01. The number of carbonyl (C=O) groups is 2. The van der Waals surface area contributed by atoms with Gasteiger partial charge >= 0.3 is 5.97 Å². The molecule has 2 saturated carbocycles. The van der Waals surface area contributed by atoms with Gasteiger partial charge in [-0.2, -0.15) is 0 Å². The number of fused-ring (bicyclic) bond motifs is 2. The number of hydrogen-bond donors (Lipinski definition) is 0. The van der Waals surface area contributed by atoms with Crippen LogP contribution in [0.3, 0.4) is 0 Å². The van der Waals surface area contributed by atoms with Crippen LogP contribution in [-0.4, -0.2) is 17.9 Å². The minimum atomic E-state index is -0.0195. The lowest BCUT2D eigenvalue weighted by Crippen LogP contribution is -2.37. The van der Waals surface area contributed by atoms with Gasteiger partial charge in [-0.1, -0.05) is 0 Å². The second kappa shape index (κ2) is 3.57. The van der Waals surface area contributed by atoms with E-state index in [0.717, 1.165) is 25.7 Å². The van der Waals surface area contributed by atoms with Gasteiger partial charge in [-0.15, -0.1) is 0 Å². The van der Waals surface area contributed by atoms with Gasteiger partial charge in [-0.05, 0) is 38.0 Å². The van der Waals surface area contributed by atoms with Crippen LogP contribution in [0.2, 0.25) is 0 Å². The summed E-state index contributed by atoms with van der Waals surface area (Å²) in [5, 5.41) is 0. The molecule has 1 aliphatic heterocycles. The van der Waals surface area contributed by atoms with Gasteiger partial charge in [0.2, 0.25) is 0 Å². The van der Waals surface area contributed by atoms with Gasteiger partial charge in [0.15, 0.2) is 0 Å². The molecule has 3 fully saturated rings. The third-order valence-electron chi connectivity index (χ3n) is 4.81. The van der Waals surface area contributed by atoms with Crippen LogP contribution in [0.1, 0.15) is 39.0 Å². The van der Waals surface area contributed by atoms with Crippen molar-refractivity contribution in [2.45, 2.75) is 45.1 Å². The van der Waals surface area contributed by atoms with E-state index >= 15 is 0 Å². The zero-order valence-electron chi connectivity index (χ0n) is 9.65. The van der Waals surface area contributed by atoms with Crippen LogP contribution in [0.15, 0.2) is 0 Å². The van der Waals surface area contributed by atoms with Crippen molar-refractivity contribution in [2.24, 2.45) is 23.7 Å². The molecule has 0 aromatic rings. The minimum absolute atomic E-state index is 0.0195. The lowest BCUT2D eigenvalue weighted by molar-refractivity contribution is -0.144. The molecule has 5 atom stereocenters. The molecule has 0 bridgehead atoms. The van der Waals surface area contributed by atoms with E-state index in [2.05, 4.69) is 0 Å². The van der Waals surface area contributed by atoms with Crippen LogP contribution >= 0.6 is 0 Å². The van der Waals surface area contributed by atoms with Crippen LogP contribution in [0, 0.1) is 23.7 Å². The van der Waals surface area contributed by atoms with Crippen LogP contribution in [0.25, 0.3) is 0 Å². The average molecular weight is 222 g/mol. The van der Waals surface area contributed by atoms with Crippen molar-refractivity contribution in [1.82, 2.24) is 0 Å². The first-order chi connectivity index (χ1) is 7.65. The van der Waals surface area contributed by atoms with Crippen LogP contribution in [-0.2, 0) is 14.3 Å². The molecule has 0 spiro atoms. The Balaban J connectivity index is 1.79. The third kappa shape index (κ3) is 1.48. The van der Waals surface area contributed by atoms with Crippen molar-refractivity contribution in [1.29, 1.82) is 0 Å². The number of rotatable bonds is 0. The second-order valence-corrected chi connectivity index (χ2v) is 5.69. The SMILES string of the molecule is CC1OC(=O)C2CC3CC(=O)CCC3CC12. The van der Waals surface area contributed by atoms with E-state index in [1.807, 2.05) is 6.92 Å². The Hall–Kier alpha value is -0.860. The Morgan fingerprint density at radius 3 is 2.81 bits per heavy atom. The van der Waals surface area contributed by atoms with E-state index in [1.165, 1.54) is 0 Å². The van der Waals surface area contributed by atoms with Gasteiger partial charge in [0, 0.05) is 18.8 Å².